The minimum Gasteiger partial charge on any atom is -0.330 e. The SMILES string of the molecule is CC1CC(CN)CC(C)N1. The van der Waals surface area contributed by atoms with Gasteiger partial charge in [0.05, 0.1) is 0 Å². The fourth-order valence-electron chi connectivity index (χ4n) is 1.91. The quantitative estimate of drug-likeness (QED) is 0.566. The van der Waals surface area contributed by atoms with E-state index in [-0.39, 0.29) is 0 Å². The number of piperidine rings is 1. The second-order valence-electron chi connectivity index (χ2n) is 3.54. The zero-order valence-electron chi connectivity index (χ0n) is 6.93. The lowest BCUT2D eigenvalue weighted by molar-refractivity contribution is 0.268. The molecule has 0 amide bonds. The monoisotopic (exact) mass is 142 g/mol. The van der Waals surface area contributed by atoms with Gasteiger partial charge < -0.3 is 11.1 Å². The molecule has 0 aromatic heterocycles. The average Bonchev–Trinajstić information content (AvgIpc) is 1.85. The highest BCUT2D eigenvalue weighted by molar-refractivity contribution is 4.80. The molecule has 2 nitrogen and oxygen atoms in total. The highest BCUT2D eigenvalue weighted by Crippen LogP contribution is 2.18. The fourth-order valence-corrected chi connectivity index (χ4v) is 1.91. The van der Waals surface area contributed by atoms with Crippen LogP contribution in [0.3, 0.4) is 0 Å². The van der Waals surface area contributed by atoms with Gasteiger partial charge in [-0.3, -0.25) is 0 Å². The fraction of sp³-hybridized carbons (Fsp3) is 1.00. The molecule has 1 saturated heterocycles. The molecule has 0 radical (unpaired) electrons. The van der Waals surface area contributed by atoms with Crippen molar-refractivity contribution in [3.8, 4) is 0 Å². The van der Waals surface area contributed by atoms with E-state index in [1.54, 1.807) is 0 Å². The van der Waals surface area contributed by atoms with E-state index in [1.807, 2.05) is 0 Å². The van der Waals surface area contributed by atoms with Crippen LogP contribution in [0.2, 0.25) is 0 Å². The van der Waals surface area contributed by atoms with Gasteiger partial charge in [0.2, 0.25) is 0 Å². The van der Waals surface area contributed by atoms with E-state index in [0.29, 0.717) is 12.1 Å². The first kappa shape index (κ1) is 8.02. The second kappa shape index (κ2) is 3.35. The Morgan fingerprint density at radius 1 is 1.30 bits per heavy atom. The van der Waals surface area contributed by atoms with Crippen LogP contribution in [0.25, 0.3) is 0 Å². The lowest BCUT2D eigenvalue weighted by Crippen LogP contribution is -2.44. The van der Waals surface area contributed by atoms with E-state index in [9.17, 15) is 0 Å². The Morgan fingerprint density at radius 2 is 1.80 bits per heavy atom. The smallest absolute Gasteiger partial charge is 0.00443 e. The summed E-state index contributed by atoms with van der Waals surface area (Å²) >= 11 is 0. The summed E-state index contributed by atoms with van der Waals surface area (Å²) in [5.41, 5.74) is 5.60. The lowest BCUT2D eigenvalue weighted by atomic mass is 9.89. The topological polar surface area (TPSA) is 38.0 Å². The van der Waals surface area contributed by atoms with Gasteiger partial charge in [-0.05, 0) is 39.2 Å². The Labute approximate surface area is 63.2 Å². The van der Waals surface area contributed by atoms with Crippen LogP contribution in [-0.2, 0) is 0 Å². The van der Waals surface area contributed by atoms with Crippen molar-refractivity contribution in [2.24, 2.45) is 11.7 Å². The van der Waals surface area contributed by atoms with Crippen molar-refractivity contribution in [2.75, 3.05) is 6.54 Å². The summed E-state index contributed by atoms with van der Waals surface area (Å²) < 4.78 is 0. The maximum atomic E-state index is 5.60. The van der Waals surface area contributed by atoms with Crippen LogP contribution in [0.4, 0.5) is 0 Å². The van der Waals surface area contributed by atoms with Crippen molar-refractivity contribution < 1.29 is 0 Å². The third-order valence-electron chi connectivity index (χ3n) is 2.28. The van der Waals surface area contributed by atoms with Crippen LogP contribution in [0.15, 0.2) is 0 Å². The summed E-state index contributed by atoms with van der Waals surface area (Å²) in [7, 11) is 0. The summed E-state index contributed by atoms with van der Waals surface area (Å²) in [6.45, 7) is 5.33. The largest absolute Gasteiger partial charge is 0.330 e. The molecule has 60 valence electrons. The van der Waals surface area contributed by atoms with Crippen molar-refractivity contribution in [1.82, 2.24) is 5.32 Å². The molecule has 3 N–H and O–H groups in total. The Bertz CT molecular complexity index is 93.4. The second-order valence-corrected chi connectivity index (χ2v) is 3.54. The van der Waals surface area contributed by atoms with Crippen molar-refractivity contribution >= 4 is 0 Å². The molecular formula is C8H18N2. The van der Waals surface area contributed by atoms with Crippen molar-refractivity contribution in [1.29, 1.82) is 0 Å². The minimum absolute atomic E-state index is 0.664. The van der Waals surface area contributed by atoms with Crippen LogP contribution in [0.5, 0.6) is 0 Å². The van der Waals surface area contributed by atoms with Crippen LogP contribution in [0.1, 0.15) is 26.7 Å². The van der Waals surface area contributed by atoms with Gasteiger partial charge in [0.15, 0.2) is 0 Å². The normalized spacial score (nSPS) is 41.7. The molecule has 0 aliphatic carbocycles. The molecule has 10 heavy (non-hydrogen) atoms. The molecule has 1 aliphatic heterocycles. The summed E-state index contributed by atoms with van der Waals surface area (Å²) in [5.74, 6) is 0.756. The first-order chi connectivity index (χ1) is 4.72. The van der Waals surface area contributed by atoms with Gasteiger partial charge in [-0.25, -0.2) is 0 Å². The van der Waals surface area contributed by atoms with E-state index >= 15 is 0 Å². The predicted molar refractivity (Wildman–Crippen MR) is 43.8 cm³/mol. The Hall–Kier alpha value is -0.0800. The third-order valence-corrected chi connectivity index (χ3v) is 2.28. The maximum absolute atomic E-state index is 5.60. The predicted octanol–water partition coefficient (Wildman–Crippen LogP) is 0.722. The molecule has 2 atom stereocenters. The summed E-state index contributed by atoms with van der Waals surface area (Å²) in [6, 6.07) is 1.33. The Balaban J connectivity index is 2.35. The number of nitrogens with two attached hydrogens (primary N) is 1. The van der Waals surface area contributed by atoms with Crippen LogP contribution >= 0.6 is 0 Å². The molecule has 1 heterocycles. The molecule has 0 bridgehead atoms. The van der Waals surface area contributed by atoms with Gasteiger partial charge in [-0.1, -0.05) is 0 Å². The standard InChI is InChI=1S/C8H18N2/c1-6-3-8(5-9)4-7(2)10-6/h6-8,10H,3-5,9H2,1-2H3. The molecule has 0 aromatic rings. The maximum Gasteiger partial charge on any atom is 0.00443 e. The number of hydrogen-bond acceptors (Lipinski definition) is 2. The first-order valence-electron chi connectivity index (χ1n) is 4.18. The number of nitrogens with one attached hydrogen (secondary N) is 1. The third kappa shape index (κ3) is 1.96. The van der Waals surface area contributed by atoms with Crippen LogP contribution in [0, 0.1) is 5.92 Å². The molecule has 1 fully saturated rings. The average molecular weight is 142 g/mol. The van der Waals surface area contributed by atoms with E-state index in [1.165, 1.54) is 12.8 Å². The summed E-state index contributed by atoms with van der Waals surface area (Å²) in [5, 5.41) is 3.49. The minimum atomic E-state index is 0.664. The van der Waals surface area contributed by atoms with Gasteiger partial charge in [0.1, 0.15) is 0 Å². The van der Waals surface area contributed by atoms with Gasteiger partial charge in [-0.15, -0.1) is 0 Å². The highest BCUT2D eigenvalue weighted by Gasteiger charge is 2.21. The Kier molecular flexibility index (Phi) is 2.69. The molecule has 1 aliphatic rings. The lowest BCUT2D eigenvalue weighted by Gasteiger charge is -2.32. The van der Waals surface area contributed by atoms with E-state index in [2.05, 4.69) is 19.2 Å². The zero-order valence-corrected chi connectivity index (χ0v) is 6.93. The van der Waals surface area contributed by atoms with Gasteiger partial charge >= 0.3 is 0 Å². The number of hydrogen-bond donors (Lipinski definition) is 2. The summed E-state index contributed by atoms with van der Waals surface area (Å²) in [6.07, 6.45) is 2.50. The molecule has 2 heteroatoms. The van der Waals surface area contributed by atoms with Gasteiger partial charge in [0.25, 0.3) is 0 Å². The molecular weight excluding hydrogens is 124 g/mol. The van der Waals surface area contributed by atoms with E-state index in [4.69, 9.17) is 5.73 Å². The zero-order chi connectivity index (χ0) is 7.56. The summed E-state index contributed by atoms with van der Waals surface area (Å²) in [4.78, 5) is 0. The van der Waals surface area contributed by atoms with Crippen molar-refractivity contribution in [2.45, 2.75) is 38.8 Å². The first-order valence-corrected chi connectivity index (χ1v) is 4.18. The molecule has 0 spiro atoms. The molecule has 2 unspecified atom stereocenters. The van der Waals surface area contributed by atoms with Crippen LogP contribution < -0.4 is 11.1 Å². The molecule has 0 saturated carbocycles. The van der Waals surface area contributed by atoms with Crippen molar-refractivity contribution in [3.05, 3.63) is 0 Å². The Morgan fingerprint density at radius 3 is 2.20 bits per heavy atom. The number of rotatable bonds is 1. The van der Waals surface area contributed by atoms with Gasteiger partial charge in [-0.2, -0.15) is 0 Å². The molecule has 1 rings (SSSR count). The van der Waals surface area contributed by atoms with Gasteiger partial charge in [0, 0.05) is 12.1 Å². The highest BCUT2D eigenvalue weighted by atomic mass is 15.0. The molecule has 0 aromatic carbocycles. The van der Waals surface area contributed by atoms with E-state index < -0.39 is 0 Å². The van der Waals surface area contributed by atoms with E-state index in [0.717, 1.165) is 12.5 Å². The van der Waals surface area contributed by atoms with Crippen molar-refractivity contribution in [3.63, 3.8) is 0 Å². The van der Waals surface area contributed by atoms with Crippen LogP contribution in [-0.4, -0.2) is 18.6 Å².